The number of hydrogen-bond donors (Lipinski definition) is 0. The van der Waals surface area contributed by atoms with Crippen molar-refractivity contribution in [3.05, 3.63) is 94.7 Å². The Kier molecular flexibility index (Phi) is 5.46. The van der Waals surface area contributed by atoms with Gasteiger partial charge in [-0.3, -0.25) is 4.79 Å². The highest BCUT2D eigenvalue weighted by atomic mass is 32.1. The Morgan fingerprint density at radius 2 is 2.00 bits per heavy atom. The van der Waals surface area contributed by atoms with Crippen LogP contribution in [0.3, 0.4) is 0 Å². The second-order valence-corrected chi connectivity index (χ2v) is 6.65. The highest BCUT2D eigenvalue weighted by Gasteiger charge is 2.17. The molecule has 0 saturated heterocycles. The van der Waals surface area contributed by atoms with E-state index in [1.807, 2.05) is 35.8 Å². The molecule has 0 aliphatic carbocycles. The van der Waals surface area contributed by atoms with Crippen LogP contribution in [0, 0.1) is 5.82 Å². The van der Waals surface area contributed by atoms with Crippen LogP contribution >= 0.6 is 11.3 Å². The van der Waals surface area contributed by atoms with Crippen molar-refractivity contribution >= 4 is 17.2 Å². The van der Waals surface area contributed by atoms with Gasteiger partial charge in [-0.15, -0.1) is 17.9 Å². The monoisotopic (exact) mass is 354 g/mol. The number of benzene rings is 1. The summed E-state index contributed by atoms with van der Waals surface area (Å²) in [5.74, 6) is -0.236. The van der Waals surface area contributed by atoms with Gasteiger partial charge in [-0.25, -0.2) is 4.39 Å². The minimum absolute atomic E-state index is 0.00410. The van der Waals surface area contributed by atoms with E-state index in [-0.39, 0.29) is 11.7 Å². The summed E-state index contributed by atoms with van der Waals surface area (Å²) in [6.45, 7) is 5.38. The maximum absolute atomic E-state index is 13.1. The highest BCUT2D eigenvalue weighted by Crippen LogP contribution is 2.16. The van der Waals surface area contributed by atoms with Crippen LogP contribution in [0.5, 0.6) is 0 Å². The summed E-state index contributed by atoms with van der Waals surface area (Å²) in [4.78, 5) is 15.2. The number of thiophene rings is 1. The van der Waals surface area contributed by atoms with E-state index >= 15 is 0 Å². The molecular weight excluding hydrogens is 335 g/mol. The molecule has 2 heterocycles. The van der Waals surface area contributed by atoms with Crippen molar-refractivity contribution in [3.63, 3.8) is 0 Å². The molecule has 0 atom stereocenters. The first-order valence-corrected chi connectivity index (χ1v) is 8.87. The molecule has 2 aromatic heterocycles. The van der Waals surface area contributed by atoms with Crippen molar-refractivity contribution in [1.29, 1.82) is 0 Å². The molecule has 128 valence electrons. The molecule has 5 heteroatoms. The minimum atomic E-state index is -0.241. The maximum Gasteiger partial charge on any atom is 0.264 e. The Labute approximate surface area is 150 Å². The van der Waals surface area contributed by atoms with Crippen molar-refractivity contribution in [2.24, 2.45) is 0 Å². The van der Waals surface area contributed by atoms with E-state index in [1.54, 1.807) is 23.1 Å². The molecule has 1 aromatic carbocycles. The predicted octanol–water partition coefficient (Wildman–Crippen LogP) is 4.57. The lowest BCUT2D eigenvalue weighted by molar-refractivity contribution is 0.0764. The maximum atomic E-state index is 13.1. The van der Waals surface area contributed by atoms with Crippen LogP contribution in [0.4, 0.5) is 4.39 Å². The first-order chi connectivity index (χ1) is 12.2. The first kappa shape index (κ1) is 17.2. The van der Waals surface area contributed by atoms with E-state index in [0.717, 1.165) is 16.1 Å². The van der Waals surface area contributed by atoms with Crippen molar-refractivity contribution in [2.75, 3.05) is 6.54 Å². The molecule has 0 spiro atoms. The summed E-state index contributed by atoms with van der Waals surface area (Å²) in [7, 11) is 0. The van der Waals surface area contributed by atoms with Gasteiger partial charge in [0, 0.05) is 25.0 Å². The van der Waals surface area contributed by atoms with E-state index < -0.39 is 0 Å². The van der Waals surface area contributed by atoms with Crippen molar-refractivity contribution < 1.29 is 9.18 Å². The van der Waals surface area contributed by atoms with Gasteiger partial charge in [0.15, 0.2) is 0 Å². The fourth-order valence-corrected chi connectivity index (χ4v) is 3.35. The predicted molar refractivity (Wildman–Crippen MR) is 99.2 cm³/mol. The molecular formula is C20H19FN2OS. The van der Waals surface area contributed by atoms with Gasteiger partial charge in [0.05, 0.1) is 11.4 Å². The van der Waals surface area contributed by atoms with Gasteiger partial charge in [-0.1, -0.05) is 24.3 Å². The van der Waals surface area contributed by atoms with Gasteiger partial charge < -0.3 is 9.47 Å². The summed E-state index contributed by atoms with van der Waals surface area (Å²) < 4.78 is 15.1. The zero-order valence-electron chi connectivity index (χ0n) is 13.8. The van der Waals surface area contributed by atoms with Crippen molar-refractivity contribution in [3.8, 4) is 0 Å². The molecule has 1 amide bonds. The standard InChI is InChI=1S/C20H19FN2OS/c1-2-11-23(20(24)19-6-4-13-25-19)15-18-5-3-12-22(18)14-16-7-9-17(21)10-8-16/h2-10,12-13H,1,11,14-15H2. The smallest absolute Gasteiger partial charge is 0.264 e. The van der Waals surface area contributed by atoms with Crippen LogP contribution in [-0.2, 0) is 13.1 Å². The fourth-order valence-electron chi connectivity index (χ4n) is 2.66. The third kappa shape index (κ3) is 4.25. The lowest BCUT2D eigenvalue weighted by atomic mass is 10.2. The SMILES string of the molecule is C=CCN(Cc1cccn1Cc1ccc(F)cc1)C(=O)c1cccs1. The van der Waals surface area contributed by atoms with E-state index in [2.05, 4.69) is 11.1 Å². The van der Waals surface area contributed by atoms with Crippen LogP contribution in [0.2, 0.25) is 0 Å². The molecule has 0 radical (unpaired) electrons. The zero-order chi connectivity index (χ0) is 17.6. The number of rotatable bonds is 7. The molecule has 25 heavy (non-hydrogen) atoms. The molecule has 0 N–H and O–H groups in total. The molecule has 0 aliphatic heterocycles. The number of carbonyl (C=O) groups is 1. The zero-order valence-corrected chi connectivity index (χ0v) is 14.6. The average Bonchev–Trinajstić information content (AvgIpc) is 3.28. The molecule has 0 unspecified atom stereocenters. The van der Waals surface area contributed by atoms with Gasteiger partial charge in [-0.05, 0) is 41.3 Å². The lowest BCUT2D eigenvalue weighted by Crippen LogP contribution is -2.31. The Bertz CT molecular complexity index is 837. The van der Waals surface area contributed by atoms with Crippen LogP contribution < -0.4 is 0 Å². The number of aromatic nitrogens is 1. The van der Waals surface area contributed by atoms with E-state index in [4.69, 9.17) is 0 Å². The van der Waals surface area contributed by atoms with Crippen molar-refractivity contribution in [1.82, 2.24) is 9.47 Å². The molecule has 3 aromatic rings. The van der Waals surface area contributed by atoms with Gasteiger partial charge in [0.2, 0.25) is 0 Å². The highest BCUT2D eigenvalue weighted by molar-refractivity contribution is 7.12. The van der Waals surface area contributed by atoms with Gasteiger partial charge >= 0.3 is 0 Å². The Balaban J connectivity index is 1.77. The van der Waals surface area contributed by atoms with Crippen LogP contribution in [0.15, 0.2) is 72.8 Å². The number of halogens is 1. The van der Waals surface area contributed by atoms with Crippen LogP contribution in [0.1, 0.15) is 20.9 Å². The molecule has 0 bridgehead atoms. The summed E-state index contributed by atoms with van der Waals surface area (Å²) in [6.07, 6.45) is 3.71. The van der Waals surface area contributed by atoms with Crippen molar-refractivity contribution in [2.45, 2.75) is 13.1 Å². The third-order valence-corrected chi connectivity index (χ3v) is 4.77. The number of amides is 1. The number of nitrogens with zero attached hydrogens (tertiary/aromatic N) is 2. The summed E-state index contributed by atoms with van der Waals surface area (Å²) >= 11 is 1.44. The quantitative estimate of drug-likeness (QED) is 0.571. The van der Waals surface area contributed by atoms with Crippen LogP contribution in [0.25, 0.3) is 0 Å². The van der Waals surface area contributed by atoms with Gasteiger partial charge in [0.1, 0.15) is 5.82 Å². The Morgan fingerprint density at radius 1 is 1.20 bits per heavy atom. The average molecular weight is 354 g/mol. The third-order valence-electron chi connectivity index (χ3n) is 3.91. The first-order valence-electron chi connectivity index (χ1n) is 7.99. The van der Waals surface area contributed by atoms with Gasteiger partial charge in [-0.2, -0.15) is 0 Å². The van der Waals surface area contributed by atoms with Gasteiger partial charge in [0.25, 0.3) is 5.91 Å². The van der Waals surface area contributed by atoms with E-state index in [0.29, 0.717) is 19.6 Å². The summed E-state index contributed by atoms with van der Waals surface area (Å²) in [5, 5.41) is 1.90. The second-order valence-electron chi connectivity index (χ2n) is 5.71. The normalized spacial score (nSPS) is 10.6. The summed E-state index contributed by atoms with van der Waals surface area (Å²) in [6, 6.07) is 14.1. The minimum Gasteiger partial charge on any atom is -0.345 e. The molecule has 0 aliphatic rings. The molecule has 3 rings (SSSR count). The number of hydrogen-bond acceptors (Lipinski definition) is 2. The number of carbonyl (C=O) groups excluding carboxylic acids is 1. The van der Waals surface area contributed by atoms with E-state index in [1.165, 1.54) is 23.5 Å². The second kappa shape index (κ2) is 7.94. The largest absolute Gasteiger partial charge is 0.345 e. The topological polar surface area (TPSA) is 25.2 Å². The molecule has 0 fully saturated rings. The Morgan fingerprint density at radius 3 is 2.68 bits per heavy atom. The van der Waals surface area contributed by atoms with E-state index in [9.17, 15) is 9.18 Å². The Hall–Kier alpha value is -2.66. The lowest BCUT2D eigenvalue weighted by Gasteiger charge is -2.21. The molecule has 0 saturated carbocycles. The van der Waals surface area contributed by atoms with Crippen LogP contribution in [-0.4, -0.2) is 21.9 Å². The fraction of sp³-hybridized carbons (Fsp3) is 0.150. The molecule has 3 nitrogen and oxygen atoms in total. The summed E-state index contributed by atoms with van der Waals surface area (Å²) in [5.41, 5.74) is 2.04.